The molecule has 1 heterocycles. The van der Waals surface area contributed by atoms with Crippen molar-refractivity contribution >= 4 is 17.8 Å². The van der Waals surface area contributed by atoms with Crippen molar-refractivity contribution in [1.29, 1.82) is 0 Å². The van der Waals surface area contributed by atoms with E-state index in [9.17, 15) is 4.79 Å². The van der Waals surface area contributed by atoms with Gasteiger partial charge in [0.1, 0.15) is 0 Å². The lowest BCUT2D eigenvalue weighted by Gasteiger charge is -2.36. The summed E-state index contributed by atoms with van der Waals surface area (Å²) in [6.07, 6.45) is 7.24. The zero-order valence-electron chi connectivity index (χ0n) is 8.66. The maximum absolute atomic E-state index is 11.5. The molecule has 1 N–H and O–H groups in total. The summed E-state index contributed by atoms with van der Waals surface area (Å²) in [5, 5.41) is 3.55. The van der Waals surface area contributed by atoms with Gasteiger partial charge in [-0.15, -0.1) is 0 Å². The van der Waals surface area contributed by atoms with E-state index in [1.54, 1.807) is 0 Å². The second-order valence-electron chi connectivity index (χ2n) is 4.05. The van der Waals surface area contributed by atoms with E-state index >= 15 is 0 Å². The van der Waals surface area contributed by atoms with Crippen molar-refractivity contribution in [2.45, 2.75) is 37.0 Å². The molecule has 0 spiro atoms. The fourth-order valence-corrected chi connectivity index (χ4v) is 3.51. The Balaban J connectivity index is 2.02. The van der Waals surface area contributed by atoms with Crippen LogP contribution in [0, 0.1) is 0 Å². The minimum absolute atomic E-state index is 0.149. The summed E-state index contributed by atoms with van der Waals surface area (Å²) in [6.45, 7) is 1.73. The summed E-state index contributed by atoms with van der Waals surface area (Å²) in [4.78, 5) is 13.6. The third-order valence-electron chi connectivity index (χ3n) is 3.26. The van der Waals surface area contributed by atoms with E-state index in [2.05, 4.69) is 11.6 Å². The highest BCUT2D eigenvalue weighted by molar-refractivity contribution is 7.99. The van der Waals surface area contributed by atoms with Gasteiger partial charge in [0.25, 0.3) is 0 Å². The van der Waals surface area contributed by atoms with E-state index in [4.69, 9.17) is 0 Å². The molecule has 0 bridgehead atoms. The predicted molar refractivity (Wildman–Crippen MR) is 59.7 cm³/mol. The maximum atomic E-state index is 11.5. The molecule has 80 valence electrons. The lowest BCUT2D eigenvalue weighted by Crippen LogP contribution is -2.45. The maximum Gasteiger partial charge on any atom is 0.317 e. The van der Waals surface area contributed by atoms with Crippen LogP contribution in [-0.4, -0.2) is 41.6 Å². The molecule has 3 nitrogen and oxygen atoms in total. The second-order valence-corrected chi connectivity index (χ2v) is 5.13. The van der Waals surface area contributed by atoms with Crippen molar-refractivity contribution in [2.75, 3.05) is 19.3 Å². The number of nitrogens with one attached hydrogen (secondary N) is 1. The molecular weight excluding hydrogens is 196 g/mol. The van der Waals surface area contributed by atoms with E-state index in [1.807, 2.05) is 16.7 Å². The first-order valence-corrected chi connectivity index (χ1v) is 6.69. The minimum Gasteiger partial charge on any atom is -0.336 e. The smallest absolute Gasteiger partial charge is 0.317 e. The Morgan fingerprint density at radius 3 is 2.86 bits per heavy atom. The Labute approximate surface area is 89.6 Å². The van der Waals surface area contributed by atoms with E-state index in [-0.39, 0.29) is 6.03 Å². The van der Waals surface area contributed by atoms with Crippen LogP contribution in [0.5, 0.6) is 0 Å². The van der Waals surface area contributed by atoms with Crippen LogP contribution < -0.4 is 5.32 Å². The van der Waals surface area contributed by atoms with Gasteiger partial charge in [-0.25, -0.2) is 4.79 Å². The molecule has 2 fully saturated rings. The van der Waals surface area contributed by atoms with Crippen LogP contribution in [-0.2, 0) is 0 Å². The number of hydrogen-bond donors (Lipinski definition) is 1. The Kier molecular flexibility index (Phi) is 3.21. The van der Waals surface area contributed by atoms with Crippen LogP contribution in [0.3, 0.4) is 0 Å². The number of rotatable bonds is 2. The number of carbonyl (C=O) groups is 1. The normalized spacial score (nSPS) is 33.2. The van der Waals surface area contributed by atoms with Crippen LogP contribution in [0.25, 0.3) is 0 Å². The number of urea groups is 1. The first-order chi connectivity index (χ1) is 6.83. The van der Waals surface area contributed by atoms with E-state index in [0.717, 1.165) is 13.1 Å². The van der Waals surface area contributed by atoms with Gasteiger partial charge in [0.15, 0.2) is 0 Å². The van der Waals surface area contributed by atoms with Gasteiger partial charge in [0.05, 0.1) is 0 Å². The van der Waals surface area contributed by atoms with Crippen molar-refractivity contribution in [3.63, 3.8) is 0 Å². The van der Waals surface area contributed by atoms with Gasteiger partial charge in [-0.3, -0.25) is 0 Å². The van der Waals surface area contributed by atoms with Gasteiger partial charge in [-0.1, -0.05) is 12.8 Å². The van der Waals surface area contributed by atoms with E-state index in [1.165, 1.54) is 25.7 Å². The molecule has 14 heavy (non-hydrogen) atoms. The average molecular weight is 214 g/mol. The third-order valence-corrected chi connectivity index (χ3v) is 4.42. The lowest BCUT2D eigenvalue weighted by molar-refractivity contribution is 0.182. The van der Waals surface area contributed by atoms with Crippen molar-refractivity contribution in [3.05, 3.63) is 0 Å². The van der Waals surface area contributed by atoms with Gasteiger partial charge in [0, 0.05) is 24.4 Å². The number of thioether (sulfide) groups is 1. The van der Waals surface area contributed by atoms with Gasteiger partial charge in [-0.2, -0.15) is 11.8 Å². The SMILES string of the molecule is CSC1CCCCC1N1CCNC1=O. The first kappa shape index (κ1) is 10.1. The summed E-state index contributed by atoms with van der Waals surface area (Å²) in [7, 11) is 0. The molecule has 0 radical (unpaired) electrons. The molecule has 2 rings (SSSR count). The molecule has 1 saturated carbocycles. The highest BCUT2D eigenvalue weighted by atomic mass is 32.2. The predicted octanol–water partition coefficient (Wildman–Crippen LogP) is 1.69. The first-order valence-electron chi connectivity index (χ1n) is 5.40. The lowest BCUT2D eigenvalue weighted by atomic mass is 9.94. The summed E-state index contributed by atoms with van der Waals surface area (Å²) >= 11 is 1.92. The van der Waals surface area contributed by atoms with Gasteiger partial charge in [-0.05, 0) is 19.1 Å². The fourth-order valence-electron chi connectivity index (χ4n) is 2.51. The van der Waals surface area contributed by atoms with Gasteiger partial charge in [0.2, 0.25) is 0 Å². The summed E-state index contributed by atoms with van der Waals surface area (Å²) in [5.41, 5.74) is 0. The summed E-state index contributed by atoms with van der Waals surface area (Å²) < 4.78 is 0. The topological polar surface area (TPSA) is 32.3 Å². The van der Waals surface area contributed by atoms with Gasteiger partial charge >= 0.3 is 6.03 Å². The monoisotopic (exact) mass is 214 g/mol. The Morgan fingerprint density at radius 2 is 2.21 bits per heavy atom. The van der Waals surface area contributed by atoms with E-state index in [0.29, 0.717) is 11.3 Å². The molecule has 1 aliphatic carbocycles. The number of amides is 2. The quantitative estimate of drug-likeness (QED) is 0.758. The number of carbonyl (C=O) groups excluding carboxylic acids is 1. The second kappa shape index (κ2) is 4.43. The van der Waals surface area contributed by atoms with Crippen LogP contribution in [0.1, 0.15) is 25.7 Å². The zero-order chi connectivity index (χ0) is 9.97. The Morgan fingerprint density at radius 1 is 1.43 bits per heavy atom. The molecule has 2 atom stereocenters. The number of nitrogens with zero attached hydrogens (tertiary/aromatic N) is 1. The van der Waals surface area contributed by atoms with Crippen molar-refractivity contribution in [2.24, 2.45) is 0 Å². The van der Waals surface area contributed by atoms with Crippen molar-refractivity contribution in [1.82, 2.24) is 10.2 Å². The standard InChI is InChI=1S/C10H18N2OS/c1-14-9-5-3-2-4-8(9)12-7-6-11-10(12)13/h8-9H,2-7H2,1H3,(H,11,13). The molecule has 4 heteroatoms. The van der Waals surface area contributed by atoms with Crippen LogP contribution in [0.15, 0.2) is 0 Å². The highest BCUT2D eigenvalue weighted by Crippen LogP contribution is 2.31. The fraction of sp³-hybridized carbons (Fsp3) is 0.900. The van der Waals surface area contributed by atoms with Crippen LogP contribution in [0.4, 0.5) is 4.79 Å². The van der Waals surface area contributed by atoms with E-state index < -0.39 is 0 Å². The number of hydrogen-bond acceptors (Lipinski definition) is 2. The van der Waals surface area contributed by atoms with Crippen molar-refractivity contribution in [3.8, 4) is 0 Å². The third kappa shape index (κ3) is 1.85. The van der Waals surface area contributed by atoms with Gasteiger partial charge < -0.3 is 10.2 Å². The van der Waals surface area contributed by atoms with Crippen LogP contribution in [0.2, 0.25) is 0 Å². The Bertz CT molecular complexity index is 222. The molecule has 0 aromatic carbocycles. The summed E-state index contributed by atoms with van der Waals surface area (Å²) in [6, 6.07) is 0.636. The summed E-state index contributed by atoms with van der Waals surface area (Å²) in [5.74, 6) is 0. The largest absolute Gasteiger partial charge is 0.336 e. The molecule has 2 unspecified atom stereocenters. The molecule has 1 aliphatic heterocycles. The molecular formula is C10H18N2OS. The molecule has 0 aromatic rings. The van der Waals surface area contributed by atoms with Crippen molar-refractivity contribution < 1.29 is 4.79 Å². The Hall–Kier alpha value is -0.380. The molecule has 0 aromatic heterocycles. The highest BCUT2D eigenvalue weighted by Gasteiger charge is 2.34. The van der Waals surface area contributed by atoms with Crippen LogP contribution >= 0.6 is 11.8 Å². The molecule has 2 aliphatic rings. The average Bonchev–Trinajstić information content (AvgIpc) is 2.64. The zero-order valence-corrected chi connectivity index (χ0v) is 9.48. The minimum atomic E-state index is 0.149. The molecule has 2 amide bonds. The molecule has 1 saturated heterocycles.